The lowest BCUT2D eigenvalue weighted by Crippen LogP contribution is -2.35. The van der Waals surface area contributed by atoms with Gasteiger partial charge in [-0.2, -0.15) is 0 Å². The van der Waals surface area contributed by atoms with Crippen LogP contribution in [0.2, 0.25) is 0 Å². The molecule has 1 heterocycles. The average molecular weight is 171 g/mol. The number of ether oxygens (including phenoxy) is 1. The van der Waals surface area contributed by atoms with E-state index in [2.05, 4.69) is 0 Å². The van der Waals surface area contributed by atoms with Gasteiger partial charge in [0.2, 0.25) is 6.41 Å². The van der Waals surface area contributed by atoms with Crippen molar-refractivity contribution in [3.05, 3.63) is 0 Å². The summed E-state index contributed by atoms with van der Waals surface area (Å²) in [5.41, 5.74) is 0. The Hall–Kier alpha value is -0.570. The first kappa shape index (κ1) is 9.52. The molecule has 12 heavy (non-hydrogen) atoms. The van der Waals surface area contributed by atoms with Crippen LogP contribution in [-0.4, -0.2) is 30.7 Å². The van der Waals surface area contributed by atoms with Crippen molar-refractivity contribution in [3.63, 3.8) is 0 Å². The van der Waals surface area contributed by atoms with Gasteiger partial charge in [0.1, 0.15) is 6.23 Å². The molecule has 1 fully saturated rings. The topological polar surface area (TPSA) is 29.5 Å². The summed E-state index contributed by atoms with van der Waals surface area (Å²) in [7, 11) is 0. The molecule has 1 saturated heterocycles. The minimum atomic E-state index is 0.0370. The highest BCUT2D eigenvalue weighted by atomic mass is 16.5. The Morgan fingerprint density at radius 2 is 2.33 bits per heavy atom. The molecule has 1 unspecified atom stereocenters. The minimum absolute atomic E-state index is 0.0370. The Labute approximate surface area is 73.7 Å². The number of rotatable bonds is 3. The number of hydrogen-bond acceptors (Lipinski definition) is 2. The van der Waals surface area contributed by atoms with E-state index in [9.17, 15) is 4.79 Å². The number of carbonyl (C=O) groups excluding carboxylic acids is 1. The lowest BCUT2D eigenvalue weighted by molar-refractivity contribution is -0.132. The fourth-order valence-electron chi connectivity index (χ4n) is 1.59. The zero-order valence-corrected chi connectivity index (χ0v) is 7.66. The molecule has 0 aromatic rings. The first-order chi connectivity index (χ1) is 5.88. The summed E-state index contributed by atoms with van der Waals surface area (Å²) in [4.78, 5) is 12.4. The molecule has 0 radical (unpaired) electrons. The zero-order valence-electron chi connectivity index (χ0n) is 7.66. The van der Waals surface area contributed by atoms with E-state index in [0.717, 1.165) is 25.8 Å². The molecular formula is C9H17NO2. The Kier molecular flexibility index (Phi) is 4.08. The largest absolute Gasteiger partial charge is 0.359 e. The monoisotopic (exact) mass is 171 g/mol. The fourth-order valence-corrected chi connectivity index (χ4v) is 1.59. The van der Waals surface area contributed by atoms with Crippen LogP contribution < -0.4 is 0 Å². The zero-order chi connectivity index (χ0) is 8.81. The number of nitrogens with zero attached hydrogens (tertiary/aromatic N) is 1. The van der Waals surface area contributed by atoms with Crippen LogP contribution in [0.5, 0.6) is 0 Å². The fraction of sp³-hybridized carbons (Fsp3) is 0.889. The van der Waals surface area contributed by atoms with Gasteiger partial charge in [0.05, 0.1) is 0 Å². The first-order valence-corrected chi connectivity index (χ1v) is 4.71. The highest BCUT2D eigenvalue weighted by Gasteiger charge is 2.18. The van der Waals surface area contributed by atoms with Crippen LogP contribution in [0.15, 0.2) is 0 Å². The molecule has 0 aliphatic carbocycles. The molecule has 0 aromatic carbocycles. The Morgan fingerprint density at radius 3 is 3.00 bits per heavy atom. The summed E-state index contributed by atoms with van der Waals surface area (Å²) in [6, 6.07) is 0. The highest BCUT2D eigenvalue weighted by molar-refractivity contribution is 5.47. The van der Waals surface area contributed by atoms with E-state index in [4.69, 9.17) is 4.74 Å². The summed E-state index contributed by atoms with van der Waals surface area (Å²) < 4.78 is 5.46. The molecule has 3 heteroatoms. The summed E-state index contributed by atoms with van der Waals surface area (Å²) in [6.07, 6.45) is 5.44. The van der Waals surface area contributed by atoms with Crippen LogP contribution in [0.1, 0.15) is 32.6 Å². The maximum Gasteiger partial charge on any atom is 0.211 e. The third kappa shape index (κ3) is 2.48. The van der Waals surface area contributed by atoms with E-state index in [0.29, 0.717) is 6.61 Å². The van der Waals surface area contributed by atoms with E-state index in [1.54, 1.807) is 4.90 Å². The van der Waals surface area contributed by atoms with Gasteiger partial charge in [0, 0.05) is 13.2 Å². The normalized spacial score (nSPS) is 25.1. The van der Waals surface area contributed by atoms with Gasteiger partial charge in [-0.05, 0) is 26.2 Å². The second-order valence-electron chi connectivity index (χ2n) is 3.10. The van der Waals surface area contributed by atoms with Crippen molar-refractivity contribution in [2.75, 3.05) is 13.2 Å². The molecule has 0 saturated carbocycles. The second kappa shape index (κ2) is 5.14. The molecule has 3 nitrogen and oxygen atoms in total. The molecule has 0 N–H and O–H groups in total. The van der Waals surface area contributed by atoms with Crippen molar-refractivity contribution in [1.82, 2.24) is 4.90 Å². The van der Waals surface area contributed by atoms with Crippen molar-refractivity contribution >= 4 is 6.41 Å². The lowest BCUT2D eigenvalue weighted by Gasteiger charge is -2.25. The van der Waals surface area contributed by atoms with Crippen LogP contribution in [0, 0.1) is 0 Å². The van der Waals surface area contributed by atoms with Crippen molar-refractivity contribution in [2.45, 2.75) is 38.8 Å². The van der Waals surface area contributed by atoms with Gasteiger partial charge in [-0.25, -0.2) is 0 Å². The van der Waals surface area contributed by atoms with Gasteiger partial charge in [0.15, 0.2) is 0 Å². The third-order valence-electron chi connectivity index (χ3n) is 2.23. The number of likely N-dealkylation sites (tertiary alicyclic amines) is 1. The maximum absolute atomic E-state index is 10.6. The second-order valence-corrected chi connectivity index (χ2v) is 3.10. The molecule has 1 aliphatic heterocycles. The van der Waals surface area contributed by atoms with Crippen LogP contribution >= 0.6 is 0 Å². The average Bonchev–Trinajstić information content (AvgIpc) is 2.30. The molecule has 0 aromatic heterocycles. The molecule has 1 atom stereocenters. The van der Waals surface area contributed by atoms with Gasteiger partial charge in [-0.3, -0.25) is 4.79 Å². The number of amides is 1. The standard InChI is InChI=1S/C9H17NO2/c1-2-12-9-6-4-3-5-7-10(9)8-11/h8-9H,2-7H2,1H3. The molecule has 70 valence electrons. The number of carbonyl (C=O) groups is 1. The lowest BCUT2D eigenvalue weighted by atomic mass is 10.2. The van der Waals surface area contributed by atoms with Crippen molar-refractivity contribution < 1.29 is 9.53 Å². The SMILES string of the molecule is CCOC1CCCCCN1C=O. The van der Waals surface area contributed by atoms with Crippen molar-refractivity contribution in [2.24, 2.45) is 0 Å². The van der Waals surface area contributed by atoms with Crippen LogP contribution in [0.3, 0.4) is 0 Å². The van der Waals surface area contributed by atoms with E-state index in [1.165, 1.54) is 12.8 Å². The Bertz CT molecular complexity index is 138. The van der Waals surface area contributed by atoms with E-state index >= 15 is 0 Å². The van der Waals surface area contributed by atoms with E-state index < -0.39 is 0 Å². The molecule has 1 aliphatic rings. The minimum Gasteiger partial charge on any atom is -0.359 e. The van der Waals surface area contributed by atoms with Gasteiger partial charge >= 0.3 is 0 Å². The van der Waals surface area contributed by atoms with Crippen LogP contribution in [0.4, 0.5) is 0 Å². The third-order valence-corrected chi connectivity index (χ3v) is 2.23. The smallest absolute Gasteiger partial charge is 0.211 e. The summed E-state index contributed by atoms with van der Waals surface area (Å²) in [6.45, 7) is 3.51. The van der Waals surface area contributed by atoms with E-state index in [1.807, 2.05) is 6.92 Å². The highest BCUT2D eigenvalue weighted by Crippen LogP contribution is 2.15. The Balaban J connectivity index is 2.45. The van der Waals surface area contributed by atoms with Crippen LogP contribution in [-0.2, 0) is 9.53 Å². The summed E-state index contributed by atoms with van der Waals surface area (Å²) in [5.74, 6) is 0. The maximum atomic E-state index is 10.6. The first-order valence-electron chi connectivity index (χ1n) is 4.71. The van der Waals surface area contributed by atoms with Gasteiger partial charge in [-0.15, -0.1) is 0 Å². The summed E-state index contributed by atoms with van der Waals surface area (Å²) >= 11 is 0. The predicted octanol–water partition coefficient (Wildman–Crippen LogP) is 1.38. The molecule has 0 spiro atoms. The molecule has 1 rings (SSSR count). The van der Waals surface area contributed by atoms with Gasteiger partial charge in [0.25, 0.3) is 0 Å². The van der Waals surface area contributed by atoms with E-state index in [-0.39, 0.29) is 6.23 Å². The van der Waals surface area contributed by atoms with Gasteiger partial charge < -0.3 is 9.64 Å². The number of hydrogen-bond donors (Lipinski definition) is 0. The van der Waals surface area contributed by atoms with Crippen molar-refractivity contribution in [3.8, 4) is 0 Å². The Morgan fingerprint density at radius 1 is 1.50 bits per heavy atom. The van der Waals surface area contributed by atoms with Crippen LogP contribution in [0.25, 0.3) is 0 Å². The quantitative estimate of drug-likeness (QED) is 0.600. The van der Waals surface area contributed by atoms with Crippen molar-refractivity contribution in [1.29, 1.82) is 0 Å². The summed E-state index contributed by atoms with van der Waals surface area (Å²) in [5, 5.41) is 0. The van der Waals surface area contributed by atoms with Gasteiger partial charge in [-0.1, -0.05) is 6.42 Å². The molecule has 1 amide bonds. The molecular weight excluding hydrogens is 154 g/mol. The molecule has 0 bridgehead atoms. The predicted molar refractivity (Wildman–Crippen MR) is 46.7 cm³/mol.